The van der Waals surface area contributed by atoms with Gasteiger partial charge in [0, 0.05) is 30.3 Å². The summed E-state index contributed by atoms with van der Waals surface area (Å²) in [4.78, 5) is 23.7. The lowest BCUT2D eigenvalue weighted by Crippen LogP contribution is -2.42. The van der Waals surface area contributed by atoms with E-state index in [1.54, 1.807) is 0 Å². The maximum Gasteiger partial charge on any atom is 0.490 e. The topological polar surface area (TPSA) is 78.9 Å². The van der Waals surface area contributed by atoms with Crippen molar-refractivity contribution in [3.63, 3.8) is 0 Å². The predicted molar refractivity (Wildman–Crippen MR) is 113 cm³/mol. The van der Waals surface area contributed by atoms with E-state index in [-0.39, 0.29) is 11.9 Å². The van der Waals surface area contributed by atoms with Crippen LogP contribution in [0, 0.1) is 6.92 Å². The fourth-order valence-electron chi connectivity index (χ4n) is 3.85. The lowest BCUT2D eigenvalue weighted by Gasteiger charge is -2.31. The Balaban J connectivity index is 0.000000360. The molecule has 2 aromatic carbocycles. The number of alkyl halides is 3. The van der Waals surface area contributed by atoms with Crippen LogP contribution in [0.1, 0.15) is 35.6 Å². The number of fused-ring (bicyclic) bond motifs is 2. The van der Waals surface area contributed by atoms with Gasteiger partial charge >= 0.3 is 12.1 Å². The molecule has 0 saturated heterocycles. The van der Waals surface area contributed by atoms with Crippen LogP contribution in [0.3, 0.4) is 0 Å². The molecule has 2 aliphatic heterocycles. The molecule has 0 fully saturated rings. The van der Waals surface area contributed by atoms with E-state index in [0.717, 1.165) is 42.8 Å². The van der Waals surface area contributed by atoms with Gasteiger partial charge < -0.3 is 20.1 Å². The summed E-state index contributed by atoms with van der Waals surface area (Å²) in [6.45, 7) is 3.95. The molecule has 1 atom stereocenters. The van der Waals surface area contributed by atoms with Crippen LogP contribution in [-0.2, 0) is 16.0 Å². The van der Waals surface area contributed by atoms with Crippen molar-refractivity contribution >= 4 is 17.6 Å². The highest BCUT2D eigenvalue weighted by atomic mass is 19.4. The van der Waals surface area contributed by atoms with Gasteiger partial charge in [-0.15, -0.1) is 0 Å². The molecule has 1 amide bonds. The fourth-order valence-corrected chi connectivity index (χ4v) is 3.85. The van der Waals surface area contributed by atoms with Crippen LogP contribution in [0.5, 0.6) is 5.75 Å². The normalized spacial score (nSPS) is 17.2. The number of ether oxygens (including phenoxy) is 1. The Bertz CT molecular complexity index is 978. The van der Waals surface area contributed by atoms with Crippen molar-refractivity contribution in [2.24, 2.45) is 0 Å². The van der Waals surface area contributed by atoms with Crippen molar-refractivity contribution in [2.45, 2.75) is 38.4 Å². The van der Waals surface area contributed by atoms with E-state index in [4.69, 9.17) is 14.6 Å². The van der Waals surface area contributed by atoms with E-state index in [1.165, 1.54) is 11.1 Å². The number of halogens is 3. The third kappa shape index (κ3) is 5.79. The minimum atomic E-state index is -5.08. The second-order valence-electron chi connectivity index (χ2n) is 7.69. The molecular weight excluding hydrogens is 425 g/mol. The van der Waals surface area contributed by atoms with Crippen molar-refractivity contribution in [3.8, 4) is 5.75 Å². The van der Waals surface area contributed by atoms with E-state index in [0.29, 0.717) is 13.2 Å². The number of carboxylic acid groups (broad SMARTS) is 1. The van der Waals surface area contributed by atoms with Crippen LogP contribution in [0.2, 0.25) is 0 Å². The second-order valence-corrected chi connectivity index (χ2v) is 7.69. The van der Waals surface area contributed by atoms with Gasteiger partial charge in [-0.05, 0) is 37.5 Å². The number of amides is 1. The zero-order valence-corrected chi connectivity index (χ0v) is 17.6. The average Bonchev–Trinajstić information content (AvgIpc) is 2.76. The van der Waals surface area contributed by atoms with Crippen LogP contribution in [0.4, 0.5) is 18.9 Å². The second kappa shape index (κ2) is 10.0. The Hall–Kier alpha value is -3.07. The summed E-state index contributed by atoms with van der Waals surface area (Å²) in [6, 6.07) is 14.6. The first-order chi connectivity index (χ1) is 15.2. The van der Waals surface area contributed by atoms with Crippen molar-refractivity contribution in [1.82, 2.24) is 5.32 Å². The number of anilines is 1. The predicted octanol–water partition coefficient (Wildman–Crippen LogP) is 4.02. The van der Waals surface area contributed by atoms with Crippen LogP contribution < -0.4 is 15.0 Å². The molecule has 0 saturated carbocycles. The molecule has 0 aliphatic carbocycles. The molecule has 2 aliphatic rings. The van der Waals surface area contributed by atoms with Gasteiger partial charge in [0.05, 0.1) is 13.2 Å². The first kappa shape index (κ1) is 23.6. The molecule has 2 heterocycles. The minimum Gasteiger partial charge on any atom is -0.493 e. The minimum absolute atomic E-state index is 0.147. The van der Waals surface area contributed by atoms with E-state index < -0.39 is 12.1 Å². The van der Waals surface area contributed by atoms with Gasteiger partial charge in [0.25, 0.3) is 0 Å². The zero-order valence-electron chi connectivity index (χ0n) is 17.6. The number of carboxylic acids is 1. The number of benzene rings is 2. The standard InChI is InChI=1S/C21H24N2O2.C2HF3O2/c1-15-8-9-19-16(13-15)5-4-11-23(19)21(24)14-22-18-10-12-25-20-7-3-2-6-17(18)20;3-2(4,5)1(6)7/h2-3,6-9,13,18,22H,4-5,10-12,14H2,1H3;(H,6,7)/t18-;/m0./s1. The summed E-state index contributed by atoms with van der Waals surface area (Å²) < 4.78 is 37.4. The van der Waals surface area contributed by atoms with Gasteiger partial charge in [0.15, 0.2) is 0 Å². The Labute approximate surface area is 184 Å². The number of hydrogen-bond acceptors (Lipinski definition) is 4. The lowest BCUT2D eigenvalue weighted by molar-refractivity contribution is -0.192. The molecule has 0 aromatic heterocycles. The highest BCUT2D eigenvalue weighted by Gasteiger charge is 2.38. The van der Waals surface area contributed by atoms with Gasteiger partial charge in [-0.25, -0.2) is 4.79 Å². The Morgan fingerprint density at radius 2 is 1.94 bits per heavy atom. The van der Waals surface area contributed by atoms with Crippen LogP contribution in [0.25, 0.3) is 0 Å². The molecule has 2 N–H and O–H groups in total. The number of aryl methyl sites for hydroxylation is 2. The Kier molecular flexibility index (Phi) is 7.40. The Morgan fingerprint density at radius 3 is 2.66 bits per heavy atom. The number of nitrogens with one attached hydrogen (secondary N) is 1. The lowest BCUT2D eigenvalue weighted by atomic mass is 9.99. The van der Waals surface area contributed by atoms with Gasteiger partial charge in [-0.3, -0.25) is 4.79 Å². The molecule has 0 radical (unpaired) electrons. The molecule has 2 aromatic rings. The highest BCUT2D eigenvalue weighted by molar-refractivity contribution is 5.96. The zero-order chi connectivity index (χ0) is 23.3. The Morgan fingerprint density at radius 1 is 1.22 bits per heavy atom. The molecule has 0 unspecified atom stereocenters. The summed E-state index contributed by atoms with van der Waals surface area (Å²) in [6.07, 6.45) is -2.11. The molecule has 172 valence electrons. The molecule has 0 bridgehead atoms. The van der Waals surface area contributed by atoms with Crippen molar-refractivity contribution in [2.75, 3.05) is 24.6 Å². The maximum absolute atomic E-state index is 12.8. The van der Waals surface area contributed by atoms with E-state index >= 15 is 0 Å². The molecule has 4 rings (SSSR count). The van der Waals surface area contributed by atoms with Gasteiger partial charge in [-0.1, -0.05) is 35.9 Å². The highest BCUT2D eigenvalue weighted by Crippen LogP contribution is 2.32. The summed E-state index contributed by atoms with van der Waals surface area (Å²) >= 11 is 0. The maximum atomic E-state index is 12.8. The summed E-state index contributed by atoms with van der Waals surface area (Å²) in [5.41, 5.74) is 4.77. The number of nitrogens with zero attached hydrogens (tertiary/aromatic N) is 1. The molecule has 9 heteroatoms. The molecule has 0 spiro atoms. The number of para-hydroxylation sites is 1. The first-order valence-electron chi connectivity index (χ1n) is 10.3. The summed E-state index contributed by atoms with van der Waals surface area (Å²) in [5, 5.41) is 10.6. The number of carbonyl (C=O) groups excluding carboxylic acids is 1. The van der Waals surface area contributed by atoms with Crippen LogP contribution in [0.15, 0.2) is 42.5 Å². The van der Waals surface area contributed by atoms with Crippen molar-refractivity contribution in [1.29, 1.82) is 0 Å². The smallest absolute Gasteiger partial charge is 0.490 e. The third-order valence-electron chi connectivity index (χ3n) is 5.36. The van der Waals surface area contributed by atoms with Crippen molar-refractivity contribution < 1.29 is 32.6 Å². The summed E-state index contributed by atoms with van der Waals surface area (Å²) in [5.74, 6) is -1.68. The number of carbonyl (C=O) groups is 2. The van der Waals surface area contributed by atoms with Gasteiger partial charge in [0.2, 0.25) is 5.91 Å². The van der Waals surface area contributed by atoms with Gasteiger partial charge in [-0.2, -0.15) is 13.2 Å². The monoisotopic (exact) mass is 450 g/mol. The SMILES string of the molecule is Cc1ccc2c(c1)CCCN2C(=O)CN[C@H]1CCOc2ccccc21.O=C(O)C(F)(F)F. The number of hydrogen-bond donors (Lipinski definition) is 2. The van der Waals surface area contributed by atoms with E-state index in [1.807, 2.05) is 23.1 Å². The molecule has 6 nitrogen and oxygen atoms in total. The molecular formula is C23H25F3N2O4. The van der Waals surface area contributed by atoms with Gasteiger partial charge in [0.1, 0.15) is 5.75 Å². The fraction of sp³-hybridized carbons (Fsp3) is 0.391. The van der Waals surface area contributed by atoms with E-state index in [9.17, 15) is 18.0 Å². The molecule has 32 heavy (non-hydrogen) atoms. The summed E-state index contributed by atoms with van der Waals surface area (Å²) in [7, 11) is 0. The number of rotatable bonds is 3. The van der Waals surface area contributed by atoms with Crippen LogP contribution in [-0.4, -0.2) is 42.9 Å². The quantitative estimate of drug-likeness (QED) is 0.739. The van der Waals surface area contributed by atoms with Crippen molar-refractivity contribution in [3.05, 3.63) is 59.2 Å². The average molecular weight is 450 g/mol. The van der Waals surface area contributed by atoms with E-state index in [2.05, 4.69) is 36.5 Å². The first-order valence-corrected chi connectivity index (χ1v) is 10.3. The van der Waals surface area contributed by atoms with Crippen LogP contribution >= 0.6 is 0 Å². The third-order valence-corrected chi connectivity index (χ3v) is 5.36. The largest absolute Gasteiger partial charge is 0.493 e. The number of aliphatic carboxylic acids is 1.